The Bertz CT molecular complexity index is 475. The molecule has 0 aliphatic carbocycles. The molecule has 3 nitrogen and oxygen atoms in total. The molecule has 19 heavy (non-hydrogen) atoms. The first-order valence-corrected chi connectivity index (χ1v) is 7.35. The van der Waals surface area contributed by atoms with Crippen molar-refractivity contribution >= 4 is 39.9 Å². The second-order valence-corrected chi connectivity index (χ2v) is 5.98. The fraction of sp³-hybridized carbons (Fsp3) is 0.500. The monoisotopic (exact) mass is 344 g/mol. The third-order valence-electron chi connectivity index (χ3n) is 3.83. The van der Waals surface area contributed by atoms with Crippen molar-refractivity contribution in [1.82, 2.24) is 5.32 Å². The molecular formula is C14H18BrClN2O. The van der Waals surface area contributed by atoms with Crippen molar-refractivity contribution in [2.45, 2.75) is 31.7 Å². The third-order valence-corrected chi connectivity index (χ3v) is 4.32. The summed E-state index contributed by atoms with van der Waals surface area (Å²) < 4.78 is 1.04. The lowest BCUT2D eigenvalue weighted by atomic mass is 10.1. The van der Waals surface area contributed by atoms with E-state index in [0.29, 0.717) is 12.5 Å². The van der Waals surface area contributed by atoms with Crippen LogP contribution in [0.15, 0.2) is 22.7 Å². The summed E-state index contributed by atoms with van der Waals surface area (Å²) in [4.78, 5) is 14.3. The van der Waals surface area contributed by atoms with Crippen LogP contribution in [-0.4, -0.2) is 25.0 Å². The van der Waals surface area contributed by atoms with E-state index < -0.39 is 0 Å². The lowest BCUT2D eigenvalue weighted by Gasteiger charge is -2.19. The van der Waals surface area contributed by atoms with Crippen molar-refractivity contribution < 1.29 is 4.79 Å². The van der Waals surface area contributed by atoms with Crippen molar-refractivity contribution in [2.75, 3.05) is 18.0 Å². The Morgan fingerprint density at radius 1 is 1.47 bits per heavy atom. The zero-order valence-electron chi connectivity index (χ0n) is 10.7. The normalized spacial score (nSPS) is 21.1. The summed E-state index contributed by atoms with van der Waals surface area (Å²) in [6.07, 6.45) is 3.93. The first-order valence-electron chi connectivity index (χ1n) is 6.56. The maximum atomic E-state index is 12.3. The molecule has 1 fully saturated rings. The van der Waals surface area contributed by atoms with Crippen molar-refractivity contribution in [3.63, 3.8) is 0 Å². The molecule has 104 valence electrons. The Kier molecular flexibility index (Phi) is 4.87. The van der Waals surface area contributed by atoms with Crippen LogP contribution in [-0.2, 0) is 11.2 Å². The SMILES string of the molecule is Cl.O=C(CC1CCCN1)N1CCc2ccc(Br)cc21. The summed E-state index contributed by atoms with van der Waals surface area (Å²) in [5.41, 5.74) is 2.37. The van der Waals surface area contributed by atoms with E-state index in [1.54, 1.807) is 0 Å². The van der Waals surface area contributed by atoms with Gasteiger partial charge in [0.1, 0.15) is 0 Å². The molecular weight excluding hydrogens is 328 g/mol. The maximum absolute atomic E-state index is 12.3. The zero-order valence-corrected chi connectivity index (χ0v) is 13.1. The highest BCUT2D eigenvalue weighted by atomic mass is 79.9. The predicted molar refractivity (Wildman–Crippen MR) is 83.1 cm³/mol. The summed E-state index contributed by atoms with van der Waals surface area (Å²) in [6, 6.07) is 6.60. The number of anilines is 1. The second kappa shape index (κ2) is 6.25. The summed E-state index contributed by atoms with van der Waals surface area (Å²) in [6.45, 7) is 1.89. The molecule has 2 aliphatic heterocycles. The number of halogens is 2. The molecule has 1 aromatic rings. The largest absolute Gasteiger partial charge is 0.313 e. The lowest BCUT2D eigenvalue weighted by molar-refractivity contribution is -0.118. The number of carbonyl (C=O) groups is 1. The van der Waals surface area contributed by atoms with E-state index in [4.69, 9.17) is 0 Å². The Labute approximate surface area is 128 Å². The zero-order chi connectivity index (χ0) is 12.5. The second-order valence-electron chi connectivity index (χ2n) is 5.07. The minimum Gasteiger partial charge on any atom is -0.313 e. The van der Waals surface area contributed by atoms with Crippen LogP contribution in [0.2, 0.25) is 0 Å². The Hall–Kier alpha value is -0.580. The van der Waals surface area contributed by atoms with Gasteiger partial charge < -0.3 is 10.2 Å². The molecule has 2 aliphatic rings. The number of rotatable bonds is 2. The van der Waals surface area contributed by atoms with Crippen molar-refractivity contribution in [3.8, 4) is 0 Å². The van der Waals surface area contributed by atoms with E-state index in [1.807, 2.05) is 11.0 Å². The van der Waals surface area contributed by atoms with Crippen LogP contribution >= 0.6 is 28.3 Å². The number of nitrogens with one attached hydrogen (secondary N) is 1. The van der Waals surface area contributed by atoms with Crippen LogP contribution in [0.5, 0.6) is 0 Å². The van der Waals surface area contributed by atoms with Gasteiger partial charge in [0.2, 0.25) is 5.91 Å². The van der Waals surface area contributed by atoms with Crippen LogP contribution in [0.25, 0.3) is 0 Å². The quantitative estimate of drug-likeness (QED) is 0.894. The van der Waals surface area contributed by atoms with E-state index in [1.165, 1.54) is 12.0 Å². The topological polar surface area (TPSA) is 32.3 Å². The number of amides is 1. The summed E-state index contributed by atoms with van der Waals surface area (Å²) in [7, 11) is 0. The number of nitrogens with zero attached hydrogens (tertiary/aromatic N) is 1. The summed E-state index contributed by atoms with van der Waals surface area (Å²) >= 11 is 3.48. The molecule has 0 bridgehead atoms. The van der Waals surface area contributed by atoms with Gasteiger partial charge in [-0.05, 0) is 43.5 Å². The molecule has 0 spiro atoms. The van der Waals surface area contributed by atoms with Gasteiger partial charge >= 0.3 is 0 Å². The highest BCUT2D eigenvalue weighted by Crippen LogP contribution is 2.31. The highest BCUT2D eigenvalue weighted by Gasteiger charge is 2.27. The minimum atomic E-state index is 0. The number of benzene rings is 1. The molecule has 3 rings (SSSR count). The standard InChI is InChI=1S/C14H17BrN2O.ClH/c15-11-4-3-10-5-7-17(13(10)8-11)14(18)9-12-2-1-6-16-12;/h3-4,8,12,16H,1-2,5-7,9H2;1H. The average Bonchev–Trinajstić information content (AvgIpc) is 2.97. The first-order chi connectivity index (χ1) is 8.74. The van der Waals surface area contributed by atoms with E-state index in [-0.39, 0.29) is 18.3 Å². The van der Waals surface area contributed by atoms with Gasteiger partial charge in [0, 0.05) is 29.2 Å². The molecule has 2 heterocycles. The van der Waals surface area contributed by atoms with E-state index in [2.05, 4.69) is 33.4 Å². The van der Waals surface area contributed by atoms with Crippen LogP contribution in [0.1, 0.15) is 24.8 Å². The van der Waals surface area contributed by atoms with Gasteiger partial charge in [0.05, 0.1) is 0 Å². The average molecular weight is 346 g/mol. The summed E-state index contributed by atoms with van der Waals surface area (Å²) in [5.74, 6) is 0.256. The summed E-state index contributed by atoms with van der Waals surface area (Å²) in [5, 5.41) is 3.39. The Balaban J connectivity index is 0.00000133. The number of hydrogen-bond donors (Lipinski definition) is 1. The van der Waals surface area contributed by atoms with Crippen LogP contribution in [0, 0.1) is 0 Å². The molecule has 0 radical (unpaired) electrons. The molecule has 1 unspecified atom stereocenters. The number of carbonyl (C=O) groups excluding carboxylic acids is 1. The van der Waals surface area contributed by atoms with Crippen LogP contribution in [0.3, 0.4) is 0 Å². The van der Waals surface area contributed by atoms with Gasteiger partial charge in [-0.1, -0.05) is 22.0 Å². The molecule has 1 atom stereocenters. The van der Waals surface area contributed by atoms with Crippen molar-refractivity contribution in [3.05, 3.63) is 28.2 Å². The van der Waals surface area contributed by atoms with Crippen LogP contribution < -0.4 is 10.2 Å². The molecule has 1 aromatic carbocycles. The Morgan fingerprint density at radius 2 is 2.32 bits per heavy atom. The van der Waals surface area contributed by atoms with Crippen molar-refractivity contribution in [1.29, 1.82) is 0 Å². The van der Waals surface area contributed by atoms with E-state index in [9.17, 15) is 4.79 Å². The molecule has 1 saturated heterocycles. The van der Waals surface area contributed by atoms with E-state index in [0.717, 1.165) is 36.1 Å². The fourth-order valence-electron chi connectivity index (χ4n) is 2.86. The first kappa shape index (κ1) is 14.8. The molecule has 0 aromatic heterocycles. The fourth-order valence-corrected chi connectivity index (χ4v) is 3.21. The Morgan fingerprint density at radius 3 is 3.05 bits per heavy atom. The van der Waals surface area contributed by atoms with Gasteiger partial charge in [-0.15, -0.1) is 12.4 Å². The molecule has 0 saturated carbocycles. The minimum absolute atomic E-state index is 0. The van der Waals surface area contributed by atoms with E-state index >= 15 is 0 Å². The van der Waals surface area contributed by atoms with Crippen molar-refractivity contribution in [2.24, 2.45) is 0 Å². The lowest BCUT2D eigenvalue weighted by Crippen LogP contribution is -2.34. The molecule has 1 amide bonds. The molecule has 5 heteroatoms. The van der Waals surface area contributed by atoms with Gasteiger partial charge in [-0.2, -0.15) is 0 Å². The maximum Gasteiger partial charge on any atom is 0.228 e. The van der Waals surface area contributed by atoms with Gasteiger partial charge in [-0.3, -0.25) is 4.79 Å². The van der Waals surface area contributed by atoms with Gasteiger partial charge in [0.15, 0.2) is 0 Å². The number of fused-ring (bicyclic) bond motifs is 1. The highest BCUT2D eigenvalue weighted by molar-refractivity contribution is 9.10. The van der Waals surface area contributed by atoms with Gasteiger partial charge in [0.25, 0.3) is 0 Å². The smallest absolute Gasteiger partial charge is 0.228 e. The van der Waals surface area contributed by atoms with Crippen LogP contribution in [0.4, 0.5) is 5.69 Å². The number of hydrogen-bond acceptors (Lipinski definition) is 2. The third kappa shape index (κ3) is 3.12. The molecule has 1 N–H and O–H groups in total. The predicted octanol–water partition coefficient (Wildman–Crippen LogP) is 2.90. The van der Waals surface area contributed by atoms with Gasteiger partial charge in [-0.25, -0.2) is 0 Å².